The predicted octanol–water partition coefficient (Wildman–Crippen LogP) is 15.9. The molecule has 0 saturated carbocycles. The van der Waals surface area contributed by atoms with E-state index < -0.39 is 0 Å². The molecule has 2 aromatic heterocycles. The second kappa shape index (κ2) is 13.1. The van der Waals surface area contributed by atoms with Crippen LogP contribution in [0.5, 0.6) is 0 Å². The van der Waals surface area contributed by atoms with Gasteiger partial charge >= 0.3 is 0 Å². The summed E-state index contributed by atoms with van der Waals surface area (Å²) in [4.78, 5) is 3.66. The van der Waals surface area contributed by atoms with Gasteiger partial charge in [-0.25, -0.2) is 0 Å². The van der Waals surface area contributed by atoms with E-state index in [0.717, 1.165) is 11.4 Å². The first-order valence-electron chi connectivity index (χ1n) is 19.6. The number of fused-ring (bicyclic) bond motifs is 8. The van der Waals surface area contributed by atoms with Gasteiger partial charge in [-0.05, 0) is 125 Å². The van der Waals surface area contributed by atoms with Crippen LogP contribution in [0.2, 0.25) is 0 Å². The van der Waals surface area contributed by atoms with Gasteiger partial charge in [0, 0.05) is 53.7 Å². The standard InChI is InChI=1S/C54H38N2S/c1-4-15-43-50(5-2)57-51-31-27-41-40-26-30-48(42-21-14-22-44(52(40)42)53(41)54(43)51)55(37-16-8-6-9-17-37)46-28-24-35(32-34(46)3)36-25-29-49-45(33-36)39-20-12-13-23-47(39)56(49)38-18-10-7-11-19-38/h4-33H,2H2,1,3H3/b15-4-. The number of nitrogens with zero attached hydrogens (tertiary/aromatic N) is 2. The monoisotopic (exact) mass is 746 g/mol. The Morgan fingerprint density at radius 1 is 0.579 bits per heavy atom. The molecule has 0 amide bonds. The highest BCUT2D eigenvalue weighted by Gasteiger charge is 2.28. The van der Waals surface area contributed by atoms with Crippen LogP contribution < -0.4 is 4.90 Å². The Hall–Kier alpha value is -6.94. The van der Waals surface area contributed by atoms with Crippen LogP contribution >= 0.6 is 11.3 Å². The number of rotatable bonds is 7. The molecule has 2 nitrogen and oxygen atoms in total. The number of aryl methyl sites for hydroxylation is 1. The number of para-hydroxylation sites is 3. The SMILES string of the molecule is C=Cc1sc2ccc3c(c2c1/C=C\C)-c1cccc2c(N(c4ccccc4)c4ccc(-c5ccc6c(c5)c5ccccc5n6-c5ccccc5)cc4C)ccc-3c12. The Kier molecular flexibility index (Phi) is 7.67. The molecule has 10 aromatic rings. The summed E-state index contributed by atoms with van der Waals surface area (Å²) >= 11 is 1.82. The molecular formula is C54H38N2S. The van der Waals surface area contributed by atoms with Crippen LogP contribution in [0.3, 0.4) is 0 Å². The largest absolute Gasteiger partial charge is 0.310 e. The Labute approximate surface area is 336 Å². The van der Waals surface area contributed by atoms with E-state index in [9.17, 15) is 0 Å². The van der Waals surface area contributed by atoms with Gasteiger partial charge in [-0.1, -0.05) is 122 Å². The lowest BCUT2D eigenvalue weighted by Crippen LogP contribution is -2.12. The predicted molar refractivity (Wildman–Crippen MR) is 248 cm³/mol. The summed E-state index contributed by atoms with van der Waals surface area (Å²) in [7, 11) is 0. The van der Waals surface area contributed by atoms with E-state index in [4.69, 9.17) is 0 Å². The van der Waals surface area contributed by atoms with Gasteiger partial charge < -0.3 is 9.47 Å². The molecule has 1 aliphatic carbocycles. The summed E-state index contributed by atoms with van der Waals surface area (Å²) in [6.07, 6.45) is 6.39. The summed E-state index contributed by atoms with van der Waals surface area (Å²) in [5, 5.41) is 6.40. The lowest BCUT2D eigenvalue weighted by molar-refractivity contribution is 1.18. The smallest absolute Gasteiger partial charge is 0.0541 e. The zero-order valence-corrected chi connectivity index (χ0v) is 32.6. The van der Waals surface area contributed by atoms with Gasteiger partial charge in [0.05, 0.1) is 16.7 Å². The van der Waals surface area contributed by atoms with E-state index in [-0.39, 0.29) is 0 Å². The highest BCUT2D eigenvalue weighted by molar-refractivity contribution is 7.20. The molecule has 0 radical (unpaired) electrons. The molecule has 0 aliphatic heterocycles. The van der Waals surface area contributed by atoms with Crippen molar-refractivity contribution in [1.82, 2.24) is 4.57 Å². The number of thiophene rings is 1. The van der Waals surface area contributed by atoms with Crippen molar-refractivity contribution in [2.45, 2.75) is 13.8 Å². The molecular weight excluding hydrogens is 709 g/mol. The van der Waals surface area contributed by atoms with Gasteiger partial charge in [-0.15, -0.1) is 11.3 Å². The molecule has 0 fully saturated rings. The number of allylic oxidation sites excluding steroid dienone is 1. The van der Waals surface area contributed by atoms with Gasteiger partial charge in [-0.2, -0.15) is 0 Å². The van der Waals surface area contributed by atoms with E-state index in [1.807, 2.05) is 17.4 Å². The molecule has 11 rings (SSSR count). The molecule has 3 heteroatoms. The third-order valence-electron chi connectivity index (χ3n) is 11.7. The summed E-state index contributed by atoms with van der Waals surface area (Å²) < 4.78 is 3.67. The molecule has 0 unspecified atom stereocenters. The number of hydrogen-bond acceptors (Lipinski definition) is 2. The molecule has 270 valence electrons. The maximum Gasteiger partial charge on any atom is 0.0541 e. The zero-order valence-electron chi connectivity index (χ0n) is 31.8. The van der Waals surface area contributed by atoms with Crippen molar-refractivity contribution < 1.29 is 0 Å². The Morgan fingerprint density at radius 3 is 2.09 bits per heavy atom. The molecule has 0 bridgehead atoms. The minimum atomic E-state index is 1.13. The fraction of sp³-hybridized carbons (Fsp3) is 0.0370. The van der Waals surface area contributed by atoms with Crippen molar-refractivity contribution >= 4 is 83.2 Å². The highest BCUT2D eigenvalue weighted by Crippen LogP contribution is 2.55. The minimum absolute atomic E-state index is 1.13. The van der Waals surface area contributed by atoms with Gasteiger partial charge in [0.15, 0.2) is 0 Å². The Morgan fingerprint density at radius 2 is 1.28 bits per heavy atom. The molecule has 2 heterocycles. The van der Waals surface area contributed by atoms with E-state index in [0.29, 0.717) is 0 Å². The second-order valence-electron chi connectivity index (χ2n) is 14.9. The topological polar surface area (TPSA) is 8.17 Å². The lowest BCUT2D eigenvalue weighted by Gasteiger charge is -2.29. The first-order chi connectivity index (χ1) is 28.1. The molecule has 57 heavy (non-hydrogen) atoms. The summed E-state index contributed by atoms with van der Waals surface area (Å²) in [6, 6.07) is 60.2. The van der Waals surface area contributed by atoms with Gasteiger partial charge in [0.2, 0.25) is 0 Å². The van der Waals surface area contributed by atoms with E-state index in [2.05, 4.69) is 206 Å². The van der Waals surface area contributed by atoms with Crippen molar-refractivity contribution in [1.29, 1.82) is 0 Å². The van der Waals surface area contributed by atoms with Crippen molar-refractivity contribution in [2.75, 3.05) is 4.90 Å². The normalized spacial score (nSPS) is 12.0. The van der Waals surface area contributed by atoms with Crippen LogP contribution in [0.4, 0.5) is 17.1 Å². The summed E-state index contributed by atoms with van der Waals surface area (Å²) in [6.45, 7) is 8.51. The molecule has 0 spiro atoms. The molecule has 0 atom stereocenters. The van der Waals surface area contributed by atoms with E-state index >= 15 is 0 Å². The highest BCUT2D eigenvalue weighted by atomic mass is 32.1. The van der Waals surface area contributed by atoms with Gasteiger partial charge in [0.1, 0.15) is 0 Å². The molecule has 0 N–H and O–H groups in total. The third-order valence-corrected chi connectivity index (χ3v) is 12.9. The van der Waals surface area contributed by atoms with Crippen molar-refractivity contribution in [2.24, 2.45) is 0 Å². The van der Waals surface area contributed by atoms with Crippen molar-refractivity contribution in [3.8, 4) is 39.1 Å². The van der Waals surface area contributed by atoms with Crippen molar-refractivity contribution in [3.63, 3.8) is 0 Å². The van der Waals surface area contributed by atoms with E-state index in [1.165, 1.54) is 103 Å². The maximum absolute atomic E-state index is 4.16. The second-order valence-corrected chi connectivity index (χ2v) is 16.0. The van der Waals surface area contributed by atoms with Crippen LogP contribution in [-0.2, 0) is 0 Å². The number of anilines is 3. The first kappa shape index (κ1) is 33.4. The zero-order chi connectivity index (χ0) is 38.2. The number of aromatic nitrogens is 1. The van der Waals surface area contributed by atoms with Gasteiger partial charge in [-0.3, -0.25) is 0 Å². The third kappa shape index (κ3) is 5.02. The first-order valence-corrected chi connectivity index (χ1v) is 20.4. The van der Waals surface area contributed by atoms with Crippen molar-refractivity contribution in [3.05, 3.63) is 192 Å². The molecule has 8 aromatic carbocycles. The summed E-state index contributed by atoms with van der Waals surface area (Å²) in [5.74, 6) is 0. The van der Waals surface area contributed by atoms with Gasteiger partial charge in [0.25, 0.3) is 0 Å². The fourth-order valence-corrected chi connectivity index (χ4v) is 10.4. The fourth-order valence-electron chi connectivity index (χ4n) is 9.32. The quantitative estimate of drug-likeness (QED) is 0.158. The molecule has 0 saturated heterocycles. The minimum Gasteiger partial charge on any atom is -0.310 e. The average molecular weight is 747 g/mol. The van der Waals surface area contributed by atoms with Crippen LogP contribution in [-0.4, -0.2) is 4.57 Å². The Balaban J connectivity index is 1.07. The summed E-state index contributed by atoms with van der Waals surface area (Å²) in [5.41, 5.74) is 17.2. The van der Waals surface area contributed by atoms with E-state index in [1.54, 1.807) is 0 Å². The average Bonchev–Trinajstić information content (AvgIpc) is 3.91. The maximum atomic E-state index is 4.16. The van der Waals surface area contributed by atoms with Crippen LogP contribution in [0.15, 0.2) is 176 Å². The van der Waals surface area contributed by atoms with Crippen LogP contribution in [0.25, 0.3) is 93.9 Å². The van der Waals surface area contributed by atoms with Crippen LogP contribution in [0.1, 0.15) is 22.9 Å². The molecule has 1 aliphatic rings. The van der Waals surface area contributed by atoms with Crippen LogP contribution in [0, 0.1) is 6.92 Å². The number of hydrogen-bond donors (Lipinski definition) is 0. The Bertz CT molecular complexity index is 3270. The number of benzene rings is 8. The lowest BCUT2D eigenvalue weighted by atomic mass is 9.96.